The number of rotatable bonds is 4. The van der Waals surface area contributed by atoms with Crippen LogP contribution in [0.15, 0.2) is 41.3 Å². The highest BCUT2D eigenvalue weighted by Crippen LogP contribution is 2.27. The molecule has 0 radical (unpaired) electrons. The number of nitrogens with zero attached hydrogens (tertiary/aromatic N) is 2. The van der Waals surface area contributed by atoms with Crippen LogP contribution >= 0.6 is 11.6 Å². The van der Waals surface area contributed by atoms with Crippen LogP contribution in [0.5, 0.6) is 0 Å². The molecule has 0 atom stereocenters. The number of carbonyl (C=O) groups is 1. The molecule has 0 unspecified atom stereocenters. The number of aromatic nitrogens is 1. The fourth-order valence-corrected chi connectivity index (χ4v) is 2.16. The predicted molar refractivity (Wildman–Crippen MR) is 82.4 cm³/mol. The smallest absolute Gasteiger partial charge is 0.323 e. The molecule has 1 N–H and O–H groups in total. The van der Waals surface area contributed by atoms with Gasteiger partial charge in [0.05, 0.1) is 15.6 Å². The van der Waals surface area contributed by atoms with Gasteiger partial charge in [0.1, 0.15) is 12.1 Å². The number of non-ortho nitro benzene ring substituents is 1. The van der Waals surface area contributed by atoms with Gasteiger partial charge in [-0.3, -0.25) is 19.7 Å². The van der Waals surface area contributed by atoms with Crippen molar-refractivity contribution in [3.05, 3.63) is 67.6 Å². The Morgan fingerprint density at radius 1 is 1.32 bits per heavy atom. The number of hydrogen-bond donors (Lipinski definition) is 1. The first-order valence-corrected chi connectivity index (χ1v) is 6.98. The van der Waals surface area contributed by atoms with Gasteiger partial charge in [0, 0.05) is 18.3 Å². The Balaban J connectivity index is 2.19. The summed E-state index contributed by atoms with van der Waals surface area (Å²) in [4.78, 5) is 33.6. The van der Waals surface area contributed by atoms with Crippen molar-refractivity contribution in [2.45, 2.75) is 12.7 Å². The molecule has 0 aliphatic carbocycles. The number of pyridine rings is 1. The highest BCUT2D eigenvalue weighted by Gasteiger charge is 2.34. The van der Waals surface area contributed by atoms with Crippen LogP contribution in [-0.4, -0.2) is 15.4 Å². The number of alkyl halides is 3. The third-order valence-electron chi connectivity index (χ3n) is 3.08. The largest absolute Gasteiger partial charge is 0.421 e. The van der Waals surface area contributed by atoms with Crippen molar-refractivity contribution in [1.29, 1.82) is 0 Å². The quantitative estimate of drug-likeness (QED) is 0.656. The van der Waals surface area contributed by atoms with Gasteiger partial charge in [-0.05, 0) is 18.2 Å². The van der Waals surface area contributed by atoms with E-state index in [0.29, 0.717) is 10.6 Å². The minimum absolute atomic E-state index is 0.0253. The summed E-state index contributed by atoms with van der Waals surface area (Å²) in [6.45, 7) is -0.684. The molecule has 0 aliphatic heterocycles. The van der Waals surface area contributed by atoms with Crippen LogP contribution < -0.4 is 10.9 Å². The van der Waals surface area contributed by atoms with E-state index < -0.39 is 34.7 Å². The Morgan fingerprint density at radius 3 is 2.56 bits per heavy atom. The molecule has 1 aromatic carbocycles. The van der Waals surface area contributed by atoms with E-state index in [-0.39, 0.29) is 16.4 Å². The third kappa shape index (κ3) is 4.35. The van der Waals surface area contributed by atoms with Crippen molar-refractivity contribution in [1.82, 2.24) is 4.57 Å². The van der Waals surface area contributed by atoms with Crippen molar-refractivity contribution < 1.29 is 22.9 Å². The molecule has 0 saturated heterocycles. The van der Waals surface area contributed by atoms with Crippen LogP contribution in [0.25, 0.3) is 0 Å². The zero-order valence-corrected chi connectivity index (χ0v) is 13.0. The van der Waals surface area contributed by atoms with Crippen LogP contribution in [0.4, 0.5) is 24.5 Å². The van der Waals surface area contributed by atoms with E-state index in [9.17, 15) is 32.9 Å². The maximum absolute atomic E-state index is 12.7. The van der Waals surface area contributed by atoms with E-state index in [1.165, 1.54) is 6.07 Å². The molecule has 1 aromatic heterocycles. The van der Waals surface area contributed by atoms with Crippen LogP contribution in [-0.2, 0) is 17.5 Å². The number of hydrogen-bond acceptors (Lipinski definition) is 4. The average molecular weight is 376 g/mol. The molecule has 132 valence electrons. The van der Waals surface area contributed by atoms with Gasteiger partial charge < -0.3 is 9.88 Å². The van der Waals surface area contributed by atoms with Crippen molar-refractivity contribution >= 4 is 28.9 Å². The predicted octanol–water partition coefficient (Wildman–Crippen LogP) is 3.07. The molecular formula is C14H9ClF3N3O4. The highest BCUT2D eigenvalue weighted by molar-refractivity contribution is 6.33. The normalized spacial score (nSPS) is 11.2. The number of carbonyl (C=O) groups excluding carboxylic acids is 1. The Bertz CT molecular complexity index is 896. The molecule has 0 aliphatic rings. The minimum Gasteiger partial charge on any atom is -0.323 e. The number of nitro groups is 1. The lowest BCUT2D eigenvalue weighted by atomic mass is 10.2. The Hall–Kier alpha value is -2.88. The van der Waals surface area contributed by atoms with E-state index in [1.54, 1.807) is 0 Å². The van der Waals surface area contributed by atoms with E-state index in [0.717, 1.165) is 24.4 Å². The third-order valence-corrected chi connectivity index (χ3v) is 3.39. The van der Waals surface area contributed by atoms with Gasteiger partial charge in [-0.15, -0.1) is 0 Å². The summed E-state index contributed by atoms with van der Waals surface area (Å²) in [5.74, 6) is -0.822. The van der Waals surface area contributed by atoms with Crippen molar-refractivity contribution in [2.24, 2.45) is 0 Å². The second kappa shape index (κ2) is 6.93. The molecule has 1 amide bonds. The molecule has 0 bridgehead atoms. The van der Waals surface area contributed by atoms with E-state index >= 15 is 0 Å². The van der Waals surface area contributed by atoms with Gasteiger partial charge in [0.2, 0.25) is 5.91 Å². The molecule has 25 heavy (non-hydrogen) atoms. The molecule has 11 heteroatoms. The van der Waals surface area contributed by atoms with E-state index in [2.05, 4.69) is 5.32 Å². The number of anilines is 1. The first-order valence-electron chi connectivity index (χ1n) is 6.60. The molecule has 2 aromatic rings. The summed E-state index contributed by atoms with van der Waals surface area (Å²) < 4.78 is 38.6. The Labute approximate surface area is 142 Å². The summed E-state index contributed by atoms with van der Waals surface area (Å²) >= 11 is 5.80. The van der Waals surface area contributed by atoms with E-state index in [4.69, 9.17) is 11.6 Å². The molecule has 0 saturated carbocycles. The second-order valence-electron chi connectivity index (χ2n) is 4.82. The van der Waals surface area contributed by atoms with Gasteiger partial charge >= 0.3 is 6.18 Å². The van der Waals surface area contributed by atoms with E-state index in [1.807, 2.05) is 0 Å². The fraction of sp³-hybridized carbons (Fsp3) is 0.143. The molecular weight excluding hydrogens is 367 g/mol. The van der Waals surface area contributed by atoms with Crippen LogP contribution in [0, 0.1) is 10.1 Å². The van der Waals surface area contributed by atoms with Gasteiger partial charge in [-0.1, -0.05) is 11.6 Å². The van der Waals surface area contributed by atoms with Crippen LogP contribution in [0.2, 0.25) is 5.02 Å². The first-order chi connectivity index (χ1) is 11.6. The summed E-state index contributed by atoms with van der Waals surface area (Å²) in [5, 5.41) is 12.8. The number of benzene rings is 1. The molecule has 7 nitrogen and oxygen atoms in total. The van der Waals surface area contributed by atoms with Crippen LogP contribution in [0.1, 0.15) is 5.56 Å². The van der Waals surface area contributed by atoms with Gasteiger partial charge in [0.15, 0.2) is 0 Å². The minimum atomic E-state index is -4.84. The Morgan fingerprint density at radius 2 is 2.00 bits per heavy atom. The summed E-state index contributed by atoms with van der Waals surface area (Å²) in [6, 6.07) is 4.89. The number of nitro benzene ring substituents is 1. The molecule has 0 spiro atoms. The first kappa shape index (κ1) is 18.5. The maximum Gasteiger partial charge on any atom is 0.421 e. The Kier molecular flexibility index (Phi) is 5.12. The lowest BCUT2D eigenvalue weighted by Gasteiger charge is -2.11. The zero-order valence-electron chi connectivity index (χ0n) is 12.2. The highest BCUT2D eigenvalue weighted by atomic mass is 35.5. The number of halogens is 4. The SMILES string of the molecule is O=C(Cn1cccc(C(F)(F)F)c1=O)Nc1ccc([N+](=O)[O-])cc1Cl. The topological polar surface area (TPSA) is 94.2 Å². The molecule has 1 heterocycles. The molecule has 2 rings (SSSR count). The number of nitrogens with one attached hydrogen (secondary N) is 1. The fourth-order valence-electron chi connectivity index (χ4n) is 1.94. The summed E-state index contributed by atoms with van der Waals surface area (Å²) in [5.41, 5.74) is -3.02. The maximum atomic E-state index is 12.7. The molecule has 0 fully saturated rings. The summed E-state index contributed by atoms with van der Waals surface area (Å²) in [7, 11) is 0. The number of amides is 1. The lowest BCUT2D eigenvalue weighted by Crippen LogP contribution is -2.32. The van der Waals surface area contributed by atoms with Gasteiger partial charge in [-0.2, -0.15) is 13.2 Å². The second-order valence-corrected chi connectivity index (χ2v) is 5.23. The van der Waals surface area contributed by atoms with Crippen molar-refractivity contribution in [3.8, 4) is 0 Å². The monoisotopic (exact) mass is 375 g/mol. The standard InChI is InChI=1S/C14H9ClF3N3O4/c15-10-6-8(21(24)25)3-4-11(10)19-12(22)7-20-5-1-2-9(13(20)23)14(16,17)18/h1-6H,7H2,(H,19,22). The van der Waals surface area contributed by atoms with Gasteiger partial charge in [0.25, 0.3) is 11.2 Å². The van der Waals surface area contributed by atoms with Crippen molar-refractivity contribution in [2.75, 3.05) is 5.32 Å². The van der Waals surface area contributed by atoms with Crippen molar-refractivity contribution in [3.63, 3.8) is 0 Å². The zero-order chi connectivity index (χ0) is 18.8. The van der Waals surface area contributed by atoms with Crippen LogP contribution in [0.3, 0.4) is 0 Å². The summed E-state index contributed by atoms with van der Waals surface area (Å²) in [6.07, 6.45) is -3.80. The van der Waals surface area contributed by atoms with Gasteiger partial charge in [-0.25, -0.2) is 0 Å². The average Bonchev–Trinajstić information content (AvgIpc) is 2.50. The lowest BCUT2D eigenvalue weighted by molar-refractivity contribution is -0.384.